The summed E-state index contributed by atoms with van der Waals surface area (Å²) in [5.41, 5.74) is -0.123. The van der Waals surface area contributed by atoms with Crippen LogP contribution in [-0.4, -0.2) is 15.0 Å². The summed E-state index contributed by atoms with van der Waals surface area (Å²) in [4.78, 5) is 35.9. The number of para-hydroxylation sites is 1. The maximum absolute atomic E-state index is 12.1. The molecular weight excluding hydrogens is 394 g/mol. The van der Waals surface area contributed by atoms with E-state index in [1.807, 2.05) is 12.1 Å². The largest absolute Gasteiger partial charge is 0.456 e. The number of carbonyl (C=O) groups excluding carboxylic acids is 1. The molecule has 3 rings (SSSR count). The number of ether oxygens (including phenoxy) is 1. The Morgan fingerprint density at radius 1 is 1.07 bits per heavy atom. The first kappa shape index (κ1) is 20.2. The molecule has 0 saturated heterocycles. The molecule has 0 fully saturated rings. The number of nitrogens with one attached hydrogen (secondary N) is 1. The van der Waals surface area contributed by atoms with Crippen LogP contribution in [0.4, 0.5) is 5.69 Å². The molecule has 1 heterocycles. The standard InChI is InChI=1S/C21H18ClN3O4/c1-24-13-14(20(27)25(2)21(24)28)7-12-19(26)23-15-8-10-16(11-9-15)29-18-6-4-3-5-17(18)22/h3-13H,1-2H3,(H,23,26)/b12-7+. The van der Waals surface area contributed by atoms with Crippen LogP contribution in [0.25, 0.3) is 6.08 Å². The van der Waals surface area contributed by atoms with E-state index in [9.17, 15) is 14.4 Å². The summed E-state index contributed by atoms with van der Waals surface area (Å²) in [6, 6.07) is 13.9. The minimum Gasteiger partial charge on any atom is -0.456 e. The molecule has 1 amide bonds. The lowest BCUT2D eigenvalue weighted by Crippen LogP contribution is -2.37. The van der Waals surface area contributed by atoms with Gasteiger partial charge in [0.1, 0.15) is 11.5 Å². The molecule has 2 aromatic carbocycles. The van der Waals surface area contributed by atoms with Gasteiger partial charge in [-0.25, -0.2) is 4.79 Å². The van der Waals surface area contributed by atoms with Gasteiger partial charge >= 0.3 is 5.69 Å². The van der Waals surface area contributed by atoms with Crippen molar-refractivity contribution >= 4 is 29.3 Å². The summed E-state index contributed by atoms with van der Waals surface area (Å²) in [7, 11) is 2.92. The Bertz CT molecular complexity index is 1190. The maximum atomic E-state index is 12.1. The third-order valence-corrected chi connectivity index (χ3v) is 4.39. The van der Waals surface area contributed by atoms with Gasteiger partial charge in [0.25, 0.3) is 5.56 Å². The van der Waals surface area contributed by atoms with Crippen LogP contribution in [0.5, 0.6) is 11.5 Å². The van der Waals surface area contributed by atoms with E-state index in [1.165, 1.54) is 37.0 Å². The SMILES string of the molecule is Cn1cc(/C=C/C(=O)Nc2ccc(Oc3ccccc3Cl)cc2)c(=O)n(C)c1=O. The fraction of sp³-hybridized carbons (Fsp3) is 0.0952. The topological polar surface area (TPSA) is 82.3 Å². The van der Waals surface area contributed by atoms with Crippen LogP contribution in [0.15, 0.2) is 70.4 Å². The first-order valence-electron chi connectivity index (χ1n) is 8.63. The predicted octanol–water partition coefficient (Wildman–Crippen LogP) is 3.18. The van der Waals surface area contributed by atoms with Gasteiger partial charge in [-0.05, 0) is 42.5 Å². The van der Waals surface area contributed by atoms with Crippen LogP contribution in [0.2, 0.25) is 5.02 Å². The summed E-state index contributed by atoms with van der Waals surface area (Å²) < 4.78 is 7.95. The van der Waals surface area contributed by atoms with Crippen LogP contribution < -0.4 is 21.3 Å². The fourth-order valence-corrected chi connectivity index (χ4v) is 2.73. The average Bonchev–Trinajstić information content (AvgIpc) is 2.71. The lowest BCUT2D eigenvalue weighted by Gasteiger charge is -2.08. The van der Waals surface area contributed by atoms with Gasteiger partial charge < -0.3 is 14.6 Å². The number of nitrogens with zero attached hydrogens (tertiary/aromatic N) is 2. The molecule has 8 heteroatoms. The molecule has 0 aliphatic rings. The van der Waals surface area contributed by atoms with Crippen LogP contribution in [0.1, 0.15) is 5.56 Å². The van der Waals surface area contributed by atoms with Gasteiger partial charge in [-0.2, -0.15) is 0 Å². The van der Waals surface area contributed by atoms with E-state index in [0.717, 1.165) is 4.57 Å². The van der Waals surface area contributed by atoms with Gasteiger partial charge in [0.05, 0.1) is 10.6 Å². The summed E-state index contributed by atoms with van der Waals surface area (Å²) in [6.45, 7) is 0. The van der Waals surface area contributed by atoms with Crippen molar-refractivity contribution in [3.8, 4) is 11.5 Å². The second-order valence-corrected chi connectivity index (χ2v) is 6.63. The predicted molar refractivity (Wildman–Crippen MR) is 113 cm³/mol. The second kappa shape index (κ2) is 8.62. The molecule has 148 valence electrons. The molecule has 0 unspecified atom stereocenters. The molecular formula is C21H18ClN3O4. The zero-order valence-electron chi connectivity index (χ0n) is 15.8. The fourth-order valence-electron chi connectivity index (χ4n) is 2.56. The normalized spacial score (nSPS) is 10.9. The van der Waals surface area contributed by atoms with Crippen LogP contribution in [-0.2, 0) is 18.9 Å². The number of amides is 1. The van der Waals surface area contributed by atoms with E-state index < -0.39 is 17.2 Å². The molecule has 0 saturated carbocycles. The van der Waals surface area contributed by atoms with Crippen molar-refractivity contribution in [2.75, 3.05) is 5.32 Å². The van der Waals surface area contributed by atoms with Gasteiger partial charge in [-0.15, -0.1) is 0 Å². The second-order valence-electron chi connectivity index (χ2n) is 6.22. The minimum absolute atomic E-state index is 0.230. The average molecular weight is 412 g/mol. The van der Waals surface area contributed by atoms with E-state index in [4.69, 9.17) is 16.3 Å². The lowest BCUT2D eigenvalue weighted by atomic mass is 10.2. The van der Waals surface area contributed by atoms with Gasteiger partial charge in [0.2, 0.25) is 5.91 Å². The van der Waals surface area contributed by atoms with Gasteiger partial charge in [-0.3, -0.25) is 14.2 Å². The van der Waals surface area contributed by atoms with Crippen LogP contribution in [0.3, 0.4) is 0 Å². The van der Waals surface area contributed by atoms with Crippen molar-refractivity contribution in [2.24, 2.45) is 14.1 Å². The summed E-state index contributed by atoms with van der Waals surface area (Å²) in [5.74, 6) is 0.689. The molecule has 7 nitrogen and oxygen atoms in total. The third-order valence-electron chi connectivity index (χ3n) is 4.07. The highest BCUT2D eigenvalue weighted by molar-refractivity contribution is 6.32. The van der Waals surface area contributed by atoms with Crippen molar-refractivity contribution < 1.29 is 9.53 Å². The lowest BCUT2D eigenvalue weighted by molar-refractivity contribution is -0.111. The van der Waals surface area contributed by atoms with E-state index in [0.29, 0.717) is 22.2 Å². The number of aromatic nitrogens is 2. The Labute approximate surface area is 171 Å². The highest BCUT2D eigenvalue weighted by atomic mass is 35.5. The van der Waals surface area contributed by atoms with Crippen molar-refractivity contribution in [3.05, 3.63) is 92.2 Å². The maximum Gasteiger partial charge on any atom is 0.330 e. The molecule has 0 atom stereocenters. The zero-order chi connectivity index (χ0) is 21.0. The van der Waals surface area contributed by atoms with Crippen molar-refractivity contribution in [3.63, 3.8) is 0 Å². The molecule has 3 aromatic rings. The summed E-state index contributed by atoms with van der Waals surface area (Å²) >= 11 is 6.07. The number of hydrogen-bond acceptors (Lipinski definition) is 4. The van der Waals surface area contributed by atoms with Crippen molar-refractivity contribution in [2.45, 2.75) is 0 Å². The van der Waals surface area contributed by atoms with Gasteiger partial charge in [0.15, 0.2) is 0 Å². The Balaban J connectivity index is 1.67. The Morgan fingerprint density at radius 2 is 1.76 bits per heavy atom. The van der Waals surface area contributed by atoms with E-state index >= 15 is 0 Å². The first-order chi connectivity index (χ1) is 13.8. The number of anilines is 1. The quantitative estimate of drug-likeness (QED) is 0.654. The van der Waals surface area contributed by atoms with E-state index in [1.54, 1.807) is 36.4 Å². The first-order valence-corrected chi connectivity index (χ1v) is 9.01. The third kappa shape index (κ3) is 4.83. The molecule has 29 heavy (non-hydrogen) atoms. The highest BCUT2D eigenvalue weighted by Gasteiger charge is 2.06. The molecule has 0 aliphatic heterocycles. The van der Waals surface area contributed by atoms with Crippen molar-refractivity contribution in [1.29, 1.82) is 0 Å². The van der Waals surface area contributed by atoms with E-state index in [-0.39, 0.29) is 5.56 Å². The molecule has 1 N–H and O–H groups in total. The smallest absolute Gasteiger partial charge is 0.330 e. The molecule has 0 aliphatic carbocycles. The number of rotatable bonds is 5. The van der Waals surface area contributed by atoms with Crippen LogP contribution >= 0.6 is 11.6 Å². The van der Waals surface area contributed by atoms with Crippen molar-refractivity contribution in [1.82, 2.24) is 9.13 Å². The summed E-state index contributed by atoms with van der Waals surface area (Å²) in [5, 5.41) is 3.19. The zero-order valence-corrected chi connectivity index (χ0v) is 16.5. The van der Waals surface area contributed by atoms with E-state index in [2.05, 4.69) is 5.32 Å². The number of carbonyl (C=O) groups is 1. The number of hydrogen-bond donors (Lipinski definition) is 1. The van der Waals surface area contributed by atoms with Crippen LogP contribution in [0, 0.1) is 0 Å². The number of halogens is 1. The minimum atomic E-state index is -0.474. The molecule has 0 radical (unpaired) electrons. The monoisotopic (exact) mass is 411 g/mol. The summed E-state index contributed by atoms with van der Waals surface area (Å²) in [6.07, 6.45) is 3.98. The molecule has 1 aromatic heterocycles. The Hall–Kier alpha value is -3.58. The Morgan fingerprint density at radius 3 is 2.45 bits per heavy atom. The highest BCUT2D eigenvalue weighted by Crippen LogP contribution is 2.29. The Kier molecular flexibility index (Phi) is 5.99. The molecule has 0 spiro atoms. The number of benzene rings is 2. The number of aryl methyl sites for hydroxylation is 1. The molecule has 0 bridgehead atoms. The van der Waals surface area contributed by atoms with Gasteiger partial charge in [-0.1, -0.05) is 23.7 Å². The van der Waals surface area contributed by atoms with Gasteiger partial charge in [0, 0.05) is 32.1 Å².